The van der Waals surface area contributed by atoms with Crippen LogP contribution in [0.3, 0.4) is 0 Å². The molecule has 6 rings (SSSR count). The van der Waals surface area contributed by atoms with Crippen LogP contribution in [-0.2, 0) is 29.5 Å². The van der Waals surface area contributed by atoms with Crippen LogP contribution in [0.15, 0.2) is 103 Å². The number of ether oxygens (including phenoxy) is 5. The molecule has 0 saturated heterocycles. The van der Waals surface area contributed by atoms with Crippen LogP contribution in [0.1, 0.15) is 75.3 Å². The van der Waals surface area contributed by atoms with E-state index in [1.165, 1.54) is 12.8 Å². The van der Waals surface area contributed by atoms with Crippen LogP contribution in [0.2, 0.25) is 0 Å². The van der Waals surface area contributed by atoms with Gasteiger partial charge in [0.1, 0.15) is 17.3 Å². The van der Waals surface area contributed by atoms with Gasteiger partial charge in [-0.05, 0) is 37.8 Å². The summed E-state index contributed by atoms with van der Waals surface area (Å²) in [6, 6.07) is 20.4. The van der Waals surface area contributed by atoms with E-state index in [4.69, 9.17) is 23.7 Å². The first-order valence-electron chi connectivity index (χ1n) is 14.4. The van der Waals surface area contributed by atoms with Crippen LogP contribution in [0.25, 0.3) is 5.76 Å². The predicted octanol–water partition coefficient (Wildman–Crippen LogP) is 8.27. The molecular weight excluding hydrogens is 488 g/mol. The molecule has 5 nitrogen and oxygen atoms in total. The van der Waals surface area contributed by atoms with Gasteiger partial charge in [-0.3, -0.25) is 4.74 Å². The van der Waals surface area contributed by atoms with Crippen molar-refractivity contribution in [1.29, 1.82) is 0 Å². The summed E-state index contributed by atoms with van der Waals surface area (Å²) >= 11 is 0. The summed E-state index contributed by atoms with van der Waals surface area (Å²) in [7, 11) is 1.70. The second-order valence-corrected chi connectivity index (χ2v) is 10.9. The molecule has 204 valence electrons. The van der Waals surface area contributed by atoms with Crippen LogP contribution in [0.4, 0.5) is 0 Å². The van der Waals surface area contributed by atoms with Crippen LogP contribution >= 0.6 is 0 Å². The minimum absolute atomic E-state index is 0.600. The molecule has 0 N–H and O–H groups in total. The van der Waals surface area contributed by atoms with Crippen molar-refractivity contribution in [1.82, 2.24) is 0 Å². The fraction of sp³-hybridized carbons (Fsp3) is 0.412. The number of hydrogen-bond acceptors (Lipinski definition) is 5. The maximum Gasteiger partial charge on any atom is 0.251 e. The van der Waals surface area contributed by atoms with Crippen molar-refractivity contribution in [3.05, 3.63) is 114 Å². The molecule has 5 heteroatoms. The van der Waals surface area contributed by atoms with Crippen molar-refractivity contribution < 1.29 is 23.7 Å². The molecule has 0 radical (unpaired) electrons. The number of rotatable bonds is 5. The molecule has 2 aliphatic carbocycles. The second-order valence-electron chi connectivity index (χ2n) is 10.9. The largest absolute Gasteiger partial charge is 0.462 e. The normalized spacial score (nSPS) is 26.9. The van der Waals surface area contributed by atoms with E-state index in [0.717, 1.165) is 79.8 Å². The molecule has 0 aromatic heterocycles. The Kier molecular flexibility index (Phi) is 7.37. The number of hydrogen-bond donors (Lipinski definition) is 0. The van der Waals surface area contributed by atoms with E-state index < -0.39 is 17.4 Å². The Morgan fingerprint density at radius 1 is 0.718 bits per heavy atom. The zero-order valence-corrected chi connectivity index (χ0v) is 22.8. The minimum atomic E-state index is -1.01. The monoisotopic (exact) mass is 526 g/mol. The number of allylic oxidation sites excluding steroid dienone is 4. The minimum Gasteiger partial charge on any atom is -0.462 e. The van der Waals surface area contributed by atoms with E-state index in [-0.39, 0.29) is 0 Å². The van der Waals surface area contributed by atoms with Crippen LogP contribution in [0.5, 0.6) is 0 Å². The zero-order chi connectivity index (χ0) is 26.6. The maximum absolute atomic E-state index is 6.68. The summed E-state index contributed by atoms with van der Waals surface area (Å²) in [5.41, 5.74) is 2.01. The van der Waals surface area contributed by atoms with Gasteiger partial charge in [-0.25, -0.2) is 0 Å². The van der Waals surface area contributed by atoms with E-state index >= 15 is 0 Å². The summed E-state index contributed by atoms with van der Waals surface area (Å²) < 4.78 is 32.3. The third-order valence-electron chi connectivity index (χ3n) is 8.14. The smallest absolute Gasteiger partial charge is 0.251 e. The van der Waals surface area contributed by atoms with Gasteiger partial charge in [0.15, 0.2) is 0 Å². The topological polar surface area (TPSA) is 46.2 Å². The Morgan fingerprint density at radius 3 is 2.03 bits per heavy atom. The Labute approximate surface area is 231 Å². The quantitative estimate of drug-likeness (QED) is 0.392. The SMILES string of the molecule is COC1(c2ccccc2)C=C(C=CC=C2C=C(c3ccccc3)OC3(CCCCC3)O2)OC2(CCCCC2)O1. The summed E-state index contributed by atoms with van der Waals surface area (Å²) in [6.45, 7) is 0. The van der Waals surface area contributed by atoms with Crippen LogP contribution in [-0.4, -0.2) is 18.7 Å². The molecule has 2 spiro atoms. The Bertz CT molecular complexity index is 1250. The highest BCUT2D eigenvalue weighted by atomic mass is 16.8. The average molecular weight is 527 g/mol. The number of methoxy groups -OCH3 is 1. The molecule has 2 aliphatic heterocycles. The highest BCUT2D eigenvalue weighted by Gasteiger charge is 2.48. The van der Waals surface area contributed by atoms with Crippen molar-refractivity contribution in [2.24, 2.45) is 0 Å². The van der Waals surface area contributed by atoms with Crippen LogP contribution in [0, 0.1) is 0 Å². The summed E-state index contributed by atoms with van der Waals surface area (Å²) in [4.78, 5) is 0. The lowest BCUT2D eigenvalue weighted by molar-refractivity contribution is -0.355. The molecule has 2 aromatic rings. The standard InChI is InChI=1S/C34H38O5/c1-35-34(28-17-8-3-9-18-28)26-30(37-33(39-34)23-12-5-13-24-33)20-14-19-29-25-31(27-15-6-2-7-16-27)38-32(36-29)21-10-4-11-22-32/h2-3,6-9,14-20,25-26H,4-5,10-13,21-24H2,1H3. The molecule has 4 aliphatic rings. The van der Waals surface area contributed by atoms with Crippen molar-refractivity contribution in [2.75, 3.05) is 7.11 Å². The molecule has 0 bridgehead atoms. The fourth-order valence-corrected chi connectivity index (χ4v) is 6.15. The number of benzene rings is 2. The fourth-order valence-electron chi connectivity index (χ4n) is 6.15. The van der Waals surface area contributed by atoms with Gasteiger partial charge in [-0.2, -0.15) is 0 Å². The Hall–Kier alpha value is -3.28. The zero-order valence-electron chi connectivity index (χ0n) is 22.8. The van der Waals surface area contributed by atoms with Crippen LogP contribution < -0.4 is 0 Å². The Morgan fingerprint density at radius 2 is 1.36 bits per heavy atom. The van der Waals surface area contributed by atoms with Gasteiger partial charge >= 0.3 is 0 Å². The van der Waals surface area contributed by atoms with Gasteiger partial charge in [-0.15, -0.1) is 0 Å². The predicted molar refractivity (Wildman–Crippen MR) is 151 cm³/mol. The first-order chi connectivity index (χ1) is 19.1. The van der Waals surface area contributed by atoms with Gasteiger partial charge in [0.25, 0.3) is 5.79 Å². The van der Waals surface area contributed by atoms with E-state index in [9.17, 15) is 0 Å². The van der Waals surface area contributed by atoms with Crippen molar-refractivity contribution in [2.45, 2.75) is 81.6 Å². The van der Waals surface area contributed by atoms with E-state index in [1.54, 1.807) is 7.11 Å². The Balaban J connectivity index is 1.32. The third-order valence-corrected chi connectivity index (χ3v) is 8.14. The molecule has 0 amide bonds. The molecule has 1 unspecified atom stereocenters. The molecular formula is C34H38O5. The molecule has 39 heavy (non-hydrogen) atoms. The molecule has 1 atom stereocenters. The molecule has 2 saturated carbocycles. The lowest BCUT2D eigenvalue weighted by atomic mass is 9.91. The highest BCUT2D eigenvalue weighted by molar-refractivity contribution is 5.63. The van der Waals surface area contributed by atoms with Gasteiger partial charge in [0, 0.05) is 56.1 Å². The van der Waals surface area contributed by atoms with Crippen molar-refractivity contribution in [3.63, 3.8) is 0 Å². The van der Waals surface area contributed by atoms with Gasteiger partial charge in [0.05, 0.1) is 0 Å². The first-order valence-corrected chi connectivity index (χ1v) is 14.4. The highest BCUT2D eigenvalue weighted by Crippen LogP contribution is 2.46. The summed E-state index contributed by atoms with van der Waals surface area (Å²) in [5, 5.41) is 0. The summed E-state index contributed by atoms with van der Waals surface area (Å²) in [6.07, 6.45) is 20.1. The van der Waals surface area contributed by atoms with E-state index in [1.807, 2.05) is 78.9 Å². The lowest BCUT2D eigenvalue weighted by Crippen LogP contribution is -2.49. The lowest BCUT2D eigenvalue weighted by Gasteiger charge is -2.47. The molecule has 2 fully saturated rings. The summed E-state index contributed by atoms with van der Waals surface area (Å²) in [5.74, 6) is 0.0701. The molecule has 2 aromatic carbocycles. The second kappa shape index (κ2) is 11.1. The van der Waals surface area contributed by atoms with Gasteiger partial charge in [-0.1, -0.05) is 79.6 Å². The van der Waals surface area contributed by atoms with E-state index in [2.05, 4.69) is 12.1 Å². The first kappa shape index (κ1) is 26.0. The molecule has 2 heterocycles. The van der Waals surface area contributed by atoms with Gasteiger partial charge in [0.2, 0.25) is 11.6 Å². The maximum atomic E-state index is 6.68. The third kappa shape index (κ3) is 5.57. The van der Waals surface area contributed by atoms with E-state index in [0.29, 0.717) is 0 Å². The van der Waals surface area contributed by atoms with Crippen molar-refractivity contribution >= 4 is 5.76 Å². The van der Waals surface area contributed by atoms with Gasteiger partial charge < -0.3 is 18.9 Å². The van der Waals surface area contributed by atoms with Crippen molar-refractivity contribution in [3.8, 4) is 0 Å². The average Bonchev–Trinajstić information content (AvgIpc) is 2.98.